The van der Waals surface area contributed by atoms with Crippen LogP contribution in [-0.4, -0.2) is 77.9 Å². The molecule has 2 amide bonds. The number of hydrogen-bond acceptors (Lipinski definition) is 6. The van der Waals surface area contributed by atoms with Gasteiger partial charge in [-0.2, -0.15) is 0 Å². The Morgan fingerprint density at radius 2 is 1.79 bits per heavy atom. The zero-order valence-corrected chi connectivity index (χ0v) is 26.3. The number of rotatable bonds is 8. The van der Waals surface area contributed by atoms with Crippen molar-refractivity contribution in [2.45, 2.75) is 91.0 Å². The molecule has 2 fully saturated rings. The van der Waals surface area contributed by atoms with Gasteiger partial charge in [0.25, 0.3) is 0 Å². The highest BCUT2D eigenvalue weighted by molar-refractivity contribution is 5.94. The van der Waals surface area contributed by atoms with Crippen LogP contribution in [-0.2, 0) is 22.5 Å². The summed E-state index contributed by atoms with van der Waals surface area (Å²) in [5, 5.41) is 9.20. The molecule has 2 aromatic carbocycles. The lowest BCUT2D eigenvalue weighted by molar-refractivity contribution is -0.123. The Kier molecular flexibility index (Phi) is 10.5. The van der Waals surface area contributed by atoms with Gasteiger partial charge in [-0.25, -0.2) is 4.79 Å². The molecule has 1 heterocycles. The Morgan fingerprint density at radius 1 is 1.05 bits per heavy atom. The number of carbonyl (C=O) groups is 2. The molecule has 0 aromatic heterocycles. The van der Waals surface area contributed by atoms with Crippen molar-refractivity contribution in [3.05, 3.63) is 59.2 Å². The summed E-state index contributed by atoms with van der Waals surface area (Å²) in [7, 11) is 1.88. The lowest BCUT2D eigenvalue weighted by Gasteiger charge is -2.40. The summed E-state index contributed by atoms with van der Waals surface area (Å²) in [6, 6.07) is 14.3. The molecular formula is C34H49N3O5. The number of ether oxygens (including phenoxy) is 2. The highest BCUT2D eigenvalue weighted by Crippen LogP contribution is 2.31. The Bertz CT molecular complexity index is 1220. The fourth-order valence-electron chi connectivity index (χ4n) is 6.00. The van der Waals surface area contributed by atoms with Crippen LogP contribution >= 0.6 is 0 Å². The number of benzene rings is 2. The fraction of sp³-hybridized carbons (Fsp3) is 0.588. The smallest absolute Gasteiger partial charge is 0.410 e. The predicted molar refractivity (Wildman–Crippen MR) is 166 cm³/mol. The van der Waals surface area contributed by atoms with Gasteiger partial charge >= 0.3 is 6.09 Å². The van der Waals surface area contributed by atoms with E-state index in [1.807, 2.05) is 61.9 Å². The summed E-state index contributed by atoms with van der Waals surface area (Å²) in [6.45, 7) is 13.0. The van der Waals surface area contributed by atoms with Crippen molar-refractivity contribution in [1.82, 2.24) is 9.80 Å². The average molecular weight is 580 g/mol. The van der Waals surface area contributed by atoms with E-state index in [-0.39, 0.29) is 36.7 Å². The van der Waals surface area contributed by atoms with Gasteiger partial charge in [0.15, 0.2) is 0 Å². The molecule has 8 heteroatoms. The van der Waals surface area contributed by atoms with Crippen molar-refractivity contribution in [3.8, 4) is 5.75 Å². The van der Waals surface area contributed by atoms with Gasteiger partial charge in [0.2, 0.25) is 5.91 Å². The van der Waals surface area contributed by atoms with Crippen LogP contribution in [0, 0.1) is 12.8 Å². The molecule has 2 aromatic rings. The highest BCUT2D eigenvalue weighted by atomic mass is 16.6. The molecule has 0 bridgehead atoms. The third kappa shape index (κ3) is 8.48. The second-order valence-corrected chi connectivity index (χ2v) is 13.0. The molecule has 4 rings (SSSR count). The Morgan fingerprint density at radius 3 is 2.43 bits per heavy atom. The van der Waals surface area contributed by atoms with Crippen molar-refractivity contribution in [3.63, 3.8) is 0 Å². The second kappa shape index (κ2) is 13.9. The molecule has 230 valence electrons. The number of hydrogen-bond donors (Lipinski definition) is 1. The zero-order valence-electron chi connectivity index (χ0n) is 26.3. The minimum atomic E-state index is -0.496. The van der Waals surface area contributed by atoms with Gasteiger partial charge in [-0.3, -0.25) is 9.69 Å². The van der Waals surface area contributed by atoms with Crippen LogP contribution in [0.25, 0.3) is 0 Å². The summed E-state index contributed by atoms with van der Waals surface area (Å²) in [4.78, 5) is 32.0. The monoisotopic (exact) mass is 579 g/mol. The van der Waals surface area contributed by atoms with Gasteiger partial charge in [-0.15, -0.1) is 0 Å². The van der Waals surface area contributed by atoms with E-state index in [4.69, 9.17) is 9.47 Å². The van der Waals surface area contributed by atoms with Crippen LogP contribution < -0.4 is 9.64 Å². The van der Waals surface area contributed by atoms with E-state index in [0.29, 0.717) is 13.0 Å². The molecule has 0 unspecified atom stereocenters. The van der Waals surface area contributed by atoms with Crippen molar-refractivity contribution in [2.24, 2.45) is 5.92 Å². The van der Waals surface area contributed by atoms with Gasteiger partial charge in [0.1, 0.15) is 11.4 Å². The number of aliphatic hydroxyl groups is 1. The maximum absolute atomic E-state index is 13.4. The van der Waals surface area contributed by atoms with Crippen LogP contribution in [0.4, 0.5) is 10.5 Å². The summed E-state index contributed by atoms with van der Waals surface area (Å²) >= 11 is 0. The van der Waals surface area contributed by atoms with Crippen molar-refractivity contribution in [2.75, 3.05) is 38.2 Å². The van der Waals surface area contributed by atoms with E-state index in [1.165, 1.54) is 5.56 Å². The van der Waals surface area contributed by atoms with Gasteiger partial charge in [-0.05, 0) is 108 Å². The number of aryl methyl sites for hydroxylation is 1. The van der Waals surface area contributed by atoms with E-state index in [9.17, 15) is 14.7 Å². The fourth-order valence-corrected chi connectivity index (χ4v) is 6.00. The molecule has 8 nitrogen and oxygen atoms in total. The van der Waals surface area contributed by atoms with Crippen LogP contribution in [0.15, 0.2) is 42.5 Å². The number of aliphatic hydroxyl groups excluding tert-OH is 1. The molecule has 42 heavy (non-hydrogen) atoms. The summed E-state index contributed by atoms with van der Waals surface area (Å²) in [5.41, 5.74) is 3.89. The highest BCUT2D eigenvalue weighted by Gasteiger charge is 2.32. The maximum Gasteiger partial charge on any atom is 0.410 e. The van der Waals surface area contributed by atoms with E-state index in [1.54, 1.807) is 0 Å². The molecule has 0 radical (unpaired) electrons. The Hall–Kier alpha value is -3.10. The first-order valence-corrected chi connectivity index (χ1v) is 15.4. The predicted octanol–water partition coefficient (Wildman–Crippen LogP) is 5.57. The van der Waals surface area contributed by atoms with Crippen LogP contribution in [0.1, 0.15) is 70.1 Å². The first-order valence-electron chi connectivity index (χ1n) is 15.4. The summed E-state index contributed by atoms with van der Waals surface area (Å²) < 4.78 is 11.8. The molecule has 1 N–H and O–H groups in total. The quantitative estimate of drug-likeness (QED) is 0.440. The van der Waals surface area contributed by atoms with Crippen molar-refractivity contribution in [1.29, 1.82) is 0 Å². The van der Waals surface area contributed by atoms with Crippen molar-refractivity contribution >= 4 is 17.7 Å². The minimum absolute atomic E-state index is 0.00156. The molecule has 1 saturated carbocycles. The SMILES string of the molecule is Cc1cc(N(C)C(=O)C2CCC(Oc3cccc(CCO)c3)CC2)ccc1CN1CCN(C(=O)OC(C)(C)C)[C@@H](C)C1. The maximum atomic E-state index is 13.4. The molecule has 1 aliphatic carbocycles. The zero-order chi connectivity index (χ0) is 30.4. The van der Waals surface area contributed by atoms with E-state index in [0.717, 1.165) is 67.9 Å². The van der Waals surface area contributed by atoms with Crippen LogP contribution in [0.3, 0.4) is 0 Å². The molecular weight excluding hydrogens is 530 g/mol. The Balaban J connectivity index is 1.27. The van der Waals surface area contributed by atoms with E-state index in [2.05, 4.69) is 36.9 Å². The lowest BCUT2D eigenvalue weighted by Crippen LogP contribution is -2.54. The first kappa shape index (κ1) is 31.8. The first-order chi connectivity index (χ1) is 19.9. The van der Waals surface area contributed by atoms with Crippen LogP contribution in [0.5, 0.6) is 5.75 Å². The molecule has 2 aliphatic rings. The van der Waals surface area contributed by atoms with Gasteiger partial charge in [0, 0.05) is 57.5 Å². The lowest BCUT2D eigenvalue weighted by atomic mass is 9.86. The largest absolute Gasteiger partial charge is 0.490 e. The van der Waals surface area contributed by atoms with Crippen molar-refractivity contribution < 1.29 is 24.2 Å². The minimum Gasteiger partial charge on any atom is -0.490 e. The third-order valence-corrected chi connectivity index (χ3v) is 8.40. The van der Waals surface area contributed by atoms with Gasteiger partial charge < -0.3 is 24.4 Å². The van der Waals surface area contributed by atoms with E-state index >= 15 is 0 Å². The molecule has 1 atom stereocenters. The number of anilines is 1. The number of amides is 2. The molecule has 1 aliphatic heterocycles. The standard InChI is InChI=1S/C34H49N3O5/c1-24-20-29(13-10-28(24)23-36-17-18-37(25(2)22-36)33(40)42-34(3,4)5)35(6)32(39)27-11-14-30(15-12-27)41-31-9-7-8-26(21-31)16-19-38/h7-10,13,20-21,25,27,30,38H,11-12,14-19,22-23H2,1-6H3/t25-,27?,30?/m0/s1. The average Bonchev–Trinajstić information content (AvgIpc) is 2.93. The number of nitrogens with zero attached hydrogens (tertiary/aromatic N) is 3. The third-order valence-electron chi connectivity index (χ3n) is 8.40. The van der Waals surface area contributed by atoms with Gasteiger partial charge in [0.05, 0.1) is 6.10 Å². The number of carbonyl (C=O) groups excluding carboxylic acids is 2. The topological polar surface area (TPSA) is 82.6 Å². The number of piperazine rings is 1. The second-order valence-electron chi connectivity index (χ2n) is 13.0. The van der Waals surface area contributed by atoms with Gasteiger partial charge in [-0.1, -0.05) is 18.2 Å². The molecule has 0 spiro atoms. The normalized spacial score (nSPS) is 21.6. The van der Waals surface area contributed by atoms with Crippen LogP contribution in [0.2, 0.25) is 0 Å². The summed E-state index contributed by atoms with van der Waals surface area (Å²) in [6.07, 6.45) is 3.82. The van der Waals surface area contributed by atoms with E-state index < -0.39 is 5.60 Å². The Labute approximate surface area is 251 Å². The molecule has 1 saturated heterocycles. The summed E-state index contributed by atoms with van der Waals surface area (Å²) in [5.74, 6) is 0.999.